The van der Waals surface area contributed by atoms with Crippen molar-refractivity contribution in [1.82, 2.24) is 9.88 Å². The highest BCUT2D eigenvalue weighted by atomic mass is 79.9. The van der Waals surface area contributed by atoms with E-state index >= 15 is 0 Å². The molecule has 2 heterocycles. The van der Waals surface area contributed by atoms with Crippen molar-refractivity contribution in [3.63, 3.8) is 0 Å². The van der Waals surface area contributed by atoms with Crippen molar-refractivity contribution in [2.75, 3.05) is 17.6 Å². The van der Waals surface area contributed by atoms with Gasteiger partial charge in [-0.15, -0.1) is 11.8 Å². The normalized spacial score (nSPS) is 17.8. The number of anilines is 1. The topological polar surface area (TPSA) is 45.2 Å². The summed E-state index contributed by atoms with van der Waals surface area (Å²) >= 11 is 5.20. The molecular weight excluding hydrogens is 350 g/mol. The van der Waals surface area contributed by atoms with Gasteiger partial charge in [-0.1, -0.05) is 18.2 Å². The zero-order chi connectivity index (χ0) is 14.7. The van der Waals surface area contributed by atoms with Crippen LogP contribution >= 0.6 is 27.7 Å². The summed E-state index contributed by atoms with van der Waals surface area (Å²) in [5.41, 5.74) is 1.84. The van der Waals surface area contributed by atoms with Crippen molar-refractivity contribution in [3.8, 4) is 0 Å². The number of benzene rings is 1. The quantitative estimate of drug-likeness (QED) is 0.872. The minimum atomic E-state index is -0.0826. The molecule has 1 aliphatic rings. The Hall–Kier alpha value is -1.53. The lowest BCUT2D eigenvalue weighted by Gasteiger charge is -2.24. The van der Waals surface area contributed by atoms with Gasteiger partial charge in [0.1, 0.15) is 5.37 Å². The average molecular weight is 364 g/mol. The summed E-state index contributed by atoms with van der Waals surface area (Å²) in [5.74, 6) is 0.933. The number of hydrogen-bond donors (Lipinski definition) is 1. The molecule has 1 aromatic heterocycles. The van der Waals surface area contributed by atoms with Gasteiger partial charge in [0.25, 0.3) is 0 Å². The maximum Gasteiger partial charge on any atom is 0.323 e. The number of halogens is 1. The van der Waals surface area contributed by atoms with Crippen molar-refractivity contribution in [1.29, 1.82) is 0 Å². The largest absolute Gasteiger partial charge is 0.323 e. The lowest BCUT2D eigenvalue weighted by Crippen LogP contribution is -2.34. The third kappa shape index (κ3) is 3.22. The molecule has 6 heteroatoms. The van der Waals surface area contributed by atoms with E-state index in [0.29, 0.717) is 0 Å². The van der Waals surface area contributed by atoms with E-state index in [1.807, 2.05) is 47.5 Å². The first-order chi connectivity index (χ1) is 10.3. The molecule has 0 saturated carbocycles. The molecule has 0 aliphatic carbocycles. The van der Waals surface area contributed by atoms with E-state index in [0.717, 1.165) is 28.0 Å². The molecule has 108 valence electrons. The maximum atomic E-state index is 12.5. The first kappa shape index (κ1) is 14.4. The Labute approximate surface area is 136 Å². The minimum Gasteiger partial charge on any atom is -0.308 e. The van der Waals surface area contributed by atoms with Gasteiger partial charge in [0.05, 0.1) is 5.69 Å². The van der Waals surface area contributed by atoms with Crippen LogP contribution in [0.5, 0.6) is 0 Å². The minimum absolute atomic E-state index is 0.0289. The summed E-state index contributed by atoms with van der Waals surface area (Å²) in [4.78, 5) is 18.5. The Bertz CT molecular complexity index is 638. The SMILES string of the molecule is O=C(Nc1ccccc1Br)N1CCSC1c1cccnc1. The molecule has 1 aromatic carbocycles. The molecule has 0 spiro atoms. The number of thioether (sulfide) groups is 1. The number of hydrogen-bond acceptors (Lipinski definition) is 3. The van der Waals surface area contributed by atoms with E-state index in [-0.39, 0.29) is 11.4 Å². The summed E-state index contributed by atoms with van der Waals surface area (Å²) < 4.78 is 0.878. The van der Waals surface area contributed by atoms with E-state index < -0.39 is 0 Å². The van der Waals surface area contributed by atoms with Crippen molar-refractivity contribution >= 4 is 39.4 Å². The van der Waals surface area contributed by atoms with Gasteiger partial charge in [-0.05, 0) is 34.1 Å². The molecule has 4 nitrogen and oxygen atoms in total. The molecule has 3 rings (SSSR count). The number of amides is 2. The molecule has 1 fully saturated rings. The fourth-order valence-electron chi connectivity index (χ4n) is 2.23. The van der Waals surface area contributed by atoms with Crippen molar-refractivity contribution in [3.05, 3.63) is 58.8 Å². The summed E-state index contributed by atoms with van der Waals surface area (Å²) in [7, 11) is 0. The Morgan fingerprint density at radius 2 is 2.19 bits per heavy atom. The van der Waals surface area contributed by atoms with Crippen LogP contribution in [0.25, 0.3) is 0 Å². The maximum absolute atomic E-state index is 12.5. The number of nitrogens with zero attached hydrogens (tertiary/aromatic N) is 2. The first-order valence-electron chi connectivity index (χ1n) is 6.59. The van der Waals surface area contributed by atoms with Crippen molar-refractivity contribution in [2.24, 2.45) is 0 Å². The molecule has 0 bridgehead atoms. The van der Waals surface area contributed by atoms with Gasteiger partial charge in [-0.2, -0.15) is 0 Å². The van der Waals surface area contributed by atoms with Gasteiger partial charge >= 0.3 is 6.03 Å². The van der Waals surface area contributed by atoms with Gasteiger partial charge in [0, 0.05) is 34.7 Å². The summed E-state index contributed by atoms with van der Waals surface area (Å²) in [6, 6.07) is 11.4. The number of carbonyl (C=O) groups is 1. The highest BCUT2D eigenvalue weighted by molar-refractivity contribution is 9.10. The Morgan fingerprint density at radius 1 is 1.33 bits per heavy atom. The summed E-state index contributed by atoms with van der Waals surface area (Å²) in [5, 5.41) is 2.99. The lowest BCUT2D eigenvalue weighted by atomic mass is 10.2. The molecule has 1 atom stereocenters. The third-order valence-electron chi connectivity index (χ3n) is 3.24. The van der Waals surface area contributed by atoms with Crippen LogP contribution in [0.3, 0.4) is 0 Å². The van der Waals surface area contributed by atoms with E-state index in [2.05, 4.69) is 26.2 Å². The molecule has 1 saturated heterocycles. The van der Waals surface area contributed by atoms with Gasteiger partial charge in [-0.25, -0.2) is 4.79 Å². The number of aromatic nitrogens is 1. The molecule has 1 unspecified atom stereocenters. The van der Waals surface area contributed by atoms with Crippen LogP contribution in [0.15, 0.2) is 53.3 Å². The number of rotatable bonds is 2. The molecule has 2 aromatic rings. The standard InChI is InChI=1S/C15H14BrN3OS/c16-12-5-1-2-6-13(12)18-15(20)19-8-9-21-14(19)11-4-3-7-17-10-11/h1-7,10,14H,8-9H2,(H,18,20). The highest BCUT2D eigenvalue weighted by Crippen LogP contribution is 2.38. The molecular formula is C15H14BrN3OS. The number of carbonyl (C=O) groups excluding carboxylic acids is 1. The van der Waals surface area contributed by atoms with E-state index in [1.165, 1.54) is 0 Å². The van der Waals surface area contributed by atoms with E-state index in [4.69, 9.17) is 0 Å². The second-order valence-corrected chi connectivity index (χ2v) is 6.66. The van der Waals surface area contributed by atoms with Crippen LogP contribution in [0.1, 0.15) is 10.9 Å². The highest BCUT2D eigenvalue weighted by Gasteiger charge is 2.30. The Morgan fingerprint density at radius 3 is 2.95 bits per heavy atom. The van der Waals surface area contributed by atoms with Gasteiger partial charge in [0.15, 0.2) is 0 Å². The molecule has 0 radical (unpaired) electrons. The predicted molar refractivity (Wildman–Crippen MR) is 89.3 cm³/mol. The van der Waals surface area contributed by atoms with Crippen LogP contribution in [0, 0.1) is 0 Å². The second kappa shape index (κ2) is 6.49. The second-order valence-electron chi connectivity index (χ2n) is 4.61. The van der Waals surface area contributed by atoms with E-state index in [1.54, 1.807) is 18.0 Å². The predicted octanol–water partition coefficient (Wildman–Crippen LogP) is 4.12. The zero-order valence-corrected chi connectivity index (χ0v) is 13.6. The van der Waals surface area contributed by atoms with Crippen LogP contribution in [0.4, 0.5) is 10.5 Å². The van der Waals surface area contributed by atoms with Crippen LogP contribution in [-0.4, -0.2) is 28.2 Å². The first-order valence-corrected chi connectivity index (χ1v) is 8.43. The number of pyridine rings is 1. The Kier molecular flexibility index (Phi) is 4.45. The molecule has 2 amide bonds. The van der Waals surface area contributed by atoms with E-state index in [9.17, 15) is 4.79 Å². The summed E-state index contributed by atoms with van der Waals surface area (Å²) in [6.07, 6.45) is 3.57. The lowest BCUT2D eigenvalue weighted by molar-refractivity contribution is 0.214. The monoisotopic (exact) mass is 363 g/mol. The number of urea groups is 1. The summed E-state index contributed by atoms with van der Waals surface area (Å²) in [6.45, 7) is 0.737. The smallest absolute Gasteiger partial charge is 0.308 e. The average Bonchev–Trinajstić information content (AvgIpc) is 3.00. The molecule has 1 N–H and O–H groups in total. The zero-order valence-electron chi connectivity index (χ0n) is 11.2. The van der Waals surface area contributed by atoms with Crippen molar-refractivity contribution < 1.29 is 4.79 Å². The molecule has 21 heavy (non-hydrogen) atoms. The Balaban J connectivity index is 1.76. The fraction of sp³-hybridized carbons (Fsp3) is 0.200. The van der Waals surface area contributed by atoms with Crippen LogP contribution < -0.4 is 5.32 Å². The number of para-hydroxylation sites is 1. The van der Waals surface area contributed by atoms with Gasteiger partial charge in [0.2, 0.25) is 0 Å². The molecule has 1 aliphatic heterocycles. The fourth-order valence-corrected chi connectivity index (χ4v) is 3.85. The van der Waals surface area contributed by atoms with Crippen LogP contribution in [-0.2, 0) is 0 Å². The number of nitrogens with one attached hydrogen (secondary N) is 1. The van der Waals surface area contributed by atoms with Gasteiger partial charge in [-0.3, -0.25) is 4.98 Å². The van der Waals surface area contributed by atoms with Crippen LogP contribution in [0.2, 0.25) is 0 Å². The van der Waals surface area contributed by atoms with Gasteiger partial charge < -0.3 is 10.2 Å². The third-order valence-corrected chi connectivity index (χ3v) is 5.19. The van der Waals surface area contributed by atoms with Crippen molar-refractivity contribution in [2.45, 2.75) is 5.37 Å².